The van der Waals surface area contributed by atoms with Gasteiger partial charge in [-0.25, -0.2) is 4.98 Å². The van der Waals surface area contributed by atoms with E-state index in [2.05, 4.69) is 111 Å². The van der Waals surface area contributed by atoms with Crippen LogP contribution in [0.15, 0.2) is 66.7 Å². The number of hydrogen-bond donors (Lipinski definition) is 0. The third kappa shape index (κ3) is 5.97. The van der Waals surface area contributed by atoms with Gasteiger partial charge in [-0.3, -0.25) is 0 Å². The van der Waals surface area contributed by atoms with Crippen LogP contribution in [0, 0.1) is 36.0 Å². The fourth-order valence-corrected chi connectivity index (χ4v) is 3.57. The normalized spacial score (nSPS) is 12.4. The molecule has 0 amide bonds. The first-order chi connectivity index (χ1) is 16.5. The van der Waals surface area contributed by atoms with E-state index in [9.17, 15) is 0 Å². The molecule has 5 rings (SSSR count). The van der Waals surface area contributed by atoms with E-state index in [1.54, 1.807) is 12.1 Å². The summed E-state index contributed by atoms with van der Waals surface area (Å²) < 4.78 is 0. The molecule has 0 saturated heterocycles. The van der Waals surface area contributed by atoms with Crippen LogP contribution in [0.4, 0.5) is 34.4 Å². The molecule has 0 bridgehead atoms. The maximum atomic E-state index is 7.32. The maximum absolute atomic E-state index is 7.32. The summed E-state index contributed by atoms with van der Waals surface area (Å²) in [6, 6.07) is 26.4. The first-order valence-corrected chi connectivity index (χ1v) is 12.4. The Morgan fingerprint density at radius 3 is 1.35 bits per heavy atom. The molecule has 0 aliphatic carbocycles. The summed E-state index contributed by atoms with van der Waals surface area (Å²) in [6.45, 7) is 7.01. The summed E-state index contributed by atoms with van der Waals surface area (Å²) >= 11 is 1.82. The molecule has 0 unspecified atom stereocenters. The van der Waals surface area contributed by atoms with Crippen LogP contribution < -0.4 is 19.6 Å². The molecule has 0 N–H and O–H groups in total. The first-order valence-electron chi connectivity index (χ1n) is 10.2. The van der Waals surface area contributed by atoms with Gasteiger partial charge in [0.1, 0.15) is 11.6 Å². The fraction of sp³-hybridized carbons (Fsp3) is 0.160. The summed E-state index contributed by atoms with van der Waals surface area (Å²) in [5.41, 5.74) is 4.64. The van der Waals surface area contributed by atoms with Crippen LogP contribution in [0.1, 0.15) is 13.8 Å². The minimum atomic E-state index is 0.903. The summed E-state index contributed by atoms with van der Waals surface area (Å²) in [5.74, 6) is 1.81. The van der Waals surface area contributed by atoms with E-state index >= 15 is 0 Å². The van der Waals surface area contributed by atoms with E-state index in [0.717, 1.165) is 23.0 Å². The number of para-hydroxylation sites is 4. The van der Waals surface area contributed by atoms with Crippen molar-refractivity contribution in [3.05, 3.63) is 80.1 Å². The number of anilines is 6. The van der Waals surface area contributed by atoms with Crippen molar-refractivity contribution < 1.29 is 17.3 Å². The van der Waals surface area contributed by atoms with Gasteiger partial charge in [0.2, 0.25) is 0 Å². The summed E-state index contributed by atoms with van der Waals surface area (Å²) in [7, 11) is 8.68. The van der Waals surface area contributed by atoms with Crippen LogP contribution in [0.3, 0.4) is 0 Å². The Kier molecular flexibility index (Phi) is 10.6. The van der Waals surface area contributed by atoms with Gasteiger partial charge in [-0.05, 0) is 50.5 Å². The molecular weight excluding hydrogens is 535 g/mol. The standard InChI is InChI=1S/C21H19N5.2C2H3N.ClH.Ru/c1-23-14-25(18-10-5-3-8-16(18)23)20-12-7-13-21(22-20)26-15-24(2)17-9-4-6-11-19(17)26;2*1-2-3;;/h3-15H,1-2H3;2*1H3;1H;/q-2;;;;+3/p-1. The third-order valence-corrected chi connectivity index (χ3v) is 4.83. The fourth-order valence-electron chi connectivity index (χ4n) is 3.57. The SMILES string of the molecule is CC#N.CC#N.CN1[CH-]N(c2cccc(N3[CH-]N(C)c4ccccc43)n2)c2ccccc21.[Cl][Ru+2]. The van der Waals surface area contributed by atoms with Crippen LogP contribution in [-0.4, -0.2) is 19.1 Å². The molecule has 2 aliphatic heterocycles. The second-order valence-electron chi connectivity index (χ2n) is 6.97. The predicted molar refractivity (Wildman–Crippen MR) is 135 cm³/mol. The number of hydrogen-bond acceptors (Lipinski definition) is 7. The quantitative estimate of drug-likeness (QED) is 0.272. The molecule has 3 heterocycles. The van der Waals surface area contributed by atoms with E-state index in [-0.39, 0.29) is 0 Å². The molecule has 34 heavy (non-hydrogen) atoms. The van der Waals surface area contributed by atoms with E-state index < -0.39 is 0 Å². The van der Waals surface area contributed by atoms with Gasteiger partial charge in [0.05, 0.1) is 12.1 Å². The molecule has 7 nitrogen and oxygen atoms in total. The second-order valence-corrected chi connectivity index (χ2v) is 6.97. The number of rotatable bonds is 2. The molecule has 175 valence electrons. The number of halogens is 1. The Bertz CT molecular complexity index is 1070. The molecule has 0 saturated carbocycles. The zero-order valence-corrected chi connectivity index (χ0v) is 21.9. The Morgan fingerprint density at radius 1 is 0.676 bits per heavy atom. The molecule has 0 fully saturated rings. The topological polar surface area (TPSA) is 73.4 Å². The van der Waals surface area contributed by atoms with Gasteiger partial charge >= 0.3 is 27.0 Å². The number of nitriles is 2. The van der Waals surface area contributed by atoms with Gasteiger partial charge in [0.25, 0.3) is 0 Å². The molecule has 1 aromatic heterocycles. The number of fused-ring (bicyclic) bond motifs is 2. The Labute approximate surface area is 216 Å². The summed E-state index contributed by atoms with van der Waals surface area (Å²) in [5, 5.41) is 14.6. The van der Waals surface area contributed by atoms with Crippen LogP contribution in [0.2, 0.25) is 0 Å². The number of pyridine rings is 1. The molecule has 3 aromatic rings. The van der Waals surface area contributed by atoms with E-state index in [0.29, 0.717) is 0 Å². The predicted octanol–water partition coefficient (Wildman–Crippen LogP) is 6.24. The van der Waals surface area contributed by atoms with Gasteiger partial charge in [-0.1, -0.05) is 30.3 Å². The Hall–Kier alpha value is -3.32. The average Bonchev–Trinajstić information content (AvgIpc) is 3.39. The first kappa shape index (κ1) is 26.9. The monoisotopic (exact) mass is 560 g/mol. The minimum absolute atomic E-state index is 0.903. The zero-order valence-electron chi connectivity index (χ0n) is 19.4. The number of benzene rings is 2. The van der Waals surface area contributed by atoms with Gasteiger partial charge in [-0.15, -0.1) is 13.3 Å². The van der Waals surface area contributed by atoms with Crippen molar-refractivity contribution in [3.63, 3.8) is 0 Å². The molecule has 0 radical (unpaired) electrons. The van der Waals surface area contributed by atoms with Crippen LogP contribution in [0.25, 0.3) is 0 Å². The summed E-state index contributed by atoms with van der Waals surface area (Å²) in [4.78, 5) is 13.4. The van der Waals surface area contributed by atoms with E-state index in [1.807, 2.05) is 29.4 Å². The van der Waals surface area contributed by atoms with Crippen molar-refractivity contribution in [3.8, 4) is 12.1 Å². The Balaban J connectivity index is 0.000000456. The van der Waals surface area contributed by atoms with Crippen molar-refractivity contribution in [1.29, 1.82) is 10.5 Å². The molecule has 9 heteroatoms. The zero-order chi connectivity index (χ0) is 25.1. The van der Waals surface area contributed by atoms with Crippen LogP contribution in [0.5, 0.6) is 0 Å². The van der Waals surface area contributed by atoms with Gasteiger partial charge in [0.15, 0.2) is 0 Å². The van der Waals surface area contributed by atoms with Crippen LogP contribution in [-0.2, 0) is 17.3 Å². The third-order valence-electron chi connectivity index (χ3n) is 4.83. The van der Waals surface area contributed by atoms with Crippen molar-refractivity contribution in [2.75, 3.05) is 33.7 Å². The Morgan fingerprint density at radius 2 is 1.00 bits per heavy atom. The van der Waals surface area contributed by atoms with Crippen molar-refractivity contribution >= 4 is 44.1 Å². The molecule has 2 aromatic carbocycles. The molecule has 0 atom stereocenters. The summed E-state index contributed by atoms with van der Waals surface area (Å²) in [6.07, 6.45) is 0. The number of nitrogens with zero attached hydrogens (tertiary/aromatic N) is 7. The van der Waals surface area contributed by atoms with E-state index in [4.69, 9.17) is 15.5 Å². The number of aromatic nitrogens is 1. The average molecular weight is 560 g/mol. The van der Waals surface area contributed by atoms with Crippen LogP contribution >= 0.6 is 9.69 Å². The van der Waals surface area contributed by atoms with Gasteiger partial charge in [-0.2, -0.15) is 10.5 Å². The molecule has 2 aliphatic rings. The van der Waals surface area contributed by atoms with Gasteiger partial charge < -0.3 is 19.6 Å². The second kappa shape index (κ2) is 13.4. The molecular formula is C25H25ClN7Ru. The van der Waals surface area contributed by atoms with Crippen molar-refractivity contribution in [2.45, 2.75) is 13.8 Å². The van der Waals surface area contributed by atoms with E-state index in [1.165, 1.54) is 25.2 Å². The molecule has 0 spiro atoms. The van der Waals surface area contributed by atoms with Crippen molar-refractivity contribution in [1.82, 2.24) is 4.98 Å². The van der Waals surface area contributed by atoms with Gasteiger partial charge in [0, 0.05) is 36.6 Å². The van der Waals surface area contributed by atoms with Crippen molar-refractivity contribution in [2.24, 2.45) is 0 Å².